The minimum absolute atomic E-state index is 0.226. The summed E-state index contributed by atoms with van der Waals surface area (Å²) in [5, 5.41) is 0. The molecule has 0 aromatic heterocycles. The largest absolute Gasteiger partial charge is 0.573 e. The molecule has 0 aliphatic heterocycles. The number of alkyl halides is 3. The molecular formula is C19H20F3O. The third-order valence-corrected chi connectivity index (χ3v) is 3.64. The summed E-state index contributed by atoms with van der Waals surface area (Å²) in [6.45, 7) is 8.39. The number of halogens is 3. The Hall–Kier alpha value is -1.97. The van der Waals surface area contributed by atoms with Crippen molar-refractivity contribution in [3.63, 3.8) is 0 Å². The second-order valence-electron chi connectivity index (χ2n) is 6.10. The highest BCUT2D eigenvalue weighted by Gasteiger charge is 2.31. The molecule has 1 radical (unpaired) electrons. The highest BCUT2D eigenvalue weighted by atomic mass is 19.4. The normalized spacial score (nSPS) is 12.0. The minimum atomic E-state index is -4.70. The van der Waals surface area contributed by atoms with Crippen molar-refractivity contribution in [1.82, 2.24) is 0 Å². The molecule has 0 atom stereocenters. The molecule has 0 N–H and O–H groups in total. The van der Waals surface area contributed by atoms with E-state index >= 15 is 0 Å². The molecule has 0 saturated carbocycles. The number of hydrogen-bond acceptors (Lipinski definition) is 1. The van der Waals surface area contributed by atoms with Crippen molar-refractivity contribution in [3.8, 4) is 16.9 Å². The predicted molar refractivity (Wildman–Crippen MR) is 85.6 cm³/mol. The van der Waals surface area contributed by atoms with Gasteiger partial charge in [0.1, 0.15) is 5.75 Å². The molecule has 2 rings (SSSR count). The van der Waals surface area contributed by atoms with E-state index < -0.39 is 6.36 Å². The average Bonchev–Trinajstić information content (AvgIpc) is 2.44. The van der Waals surface area contributed by atoms with Crippen LogP contribution in [0, 0.1) is 6.07 Å². The molecule has 0 unspecified atom stereocenters. The maximum Gasteiger partial charge on any atom is 0.573 e. The van der Waals surface area contributed by atoms with Gasteiger partial charge in [-0.25, -0.2) is 0 Å². The van der Waals surface area contributed by atoms with Crippen LogP contribution in [-0.2, 0) is 0 Å². The number of hydrogen-bond donors (Lipinski definition) is 0. The quantitative estimate of drug-likeness (QED) is 0.642. The van der Waals surface area contributed by atoms with E-state index in [1.54, 1.807) is 0 Å². The summed E-state index contributed by atoms with van der Waals surface area (Å²) in [5.74, 6) is 0.363. The van der Waals surface area contributed by atoms with Gasteiger partial charge in [0.25, 0.3) is 0 Å². The summed E-state index contributed by atoms with van der Waals surface area (Å²) in [6, 6.07) is 13.1. The zero-order valence-corrected chi connectivity index (χ0v) is 13.7. The Morgan fingerprint density at radius 2 is 1.70 bits per heavy atom. The van der Waals surface area contributed by atoms with E-state index in [1.807, 2.05) is 12.1 Å². The molecule has 1 nitrogen and oxygen atoms in total. The van der Waals surface area contributed by atoms with Crippen molar-refractivity contribution in [1.29, 1.82) is 0 Å². The van der Waals surface area contributed by atoms with Crippen molar-refractivity contribution in [2.45, 2.75) is 45.9 Å². The number of benzene rings is 2. The number of rotatable bonds is 4. The molecule has 0 saturated heterocycles. The summed E-state index contributed by atoms with van der Waals surface area (Å²) in [5.41, 5.74) is 3.85. The molecule has 4 heteroatoms. The molecule has 0 spiro atoms. The number of ether oxygens (including phenoxy) is 1. The van der Waals surface area contributed by atoms with Crippen LogP contribution >= 0.6 is 0 Å². The van der Waals surface area contributed by atoms with Crippen LogP contribution < -0.4 is 4.74 Å². The molecule has 2 aromatic carbocycles. The lowest BCUT2D eigenvalue weighted by atomic mass is 9.84. The Kier molecular flexibility index (Phi) is 5.03. The first kappa shape index (κ1) is 17.4. The first-order valence-corrected chi connectivity index (χ1v) is 7.59. The summed E-state index contributed by atoms with van der Waals surface area (Å²) in [4.78, 5) is 0. The molecule has 2 aromatic rings. The average molecular weight is 321 g/mol. The van der Waals surface area contributed by atoms with Gasteiger partial charge in [0.15, 0.2) is 0 Å². The predicted octanol–water partition coefficient (Wildman–Crippen LogP) is 6.30. The summed E-state index contributed by atoms with van der Waals surface area (Å²) < 4.78 is 41.3. The lowest BCUT2D eigenvalue weighted by molar-refractivity contribution is -0.274. The van der Waals surface area contributed by atoms with E-state index in [0.717, 1.165) is 11.1 Å². The van der Waals surface area contributed by atoms with Gasteiger partial charge in [-0.1, -0.05) is 52.0 Å². The van der Waals surface area contributed by atoms with Gasteiger partial charge in [0.2, 0.25) is 0 Å². The molecule has 0 aliphatic rings. The fourth-order valence-electron chi connectivity index (χ4n) is 2.76. The van der Waals surface area contributed by atoms with Crippen LogP contribution in [0.15, 0.2) is 36.4 Å². The summed E-state index contributed by atoms with van der Waals surface area (Å²) in [6.07, 6.45) is -4.70. The highest BCUT2D eigenvalue weighted by Crippen LogP contribution is 2.36. The summed E-state index contributed by atoms with van der Waals surface area (Å²) >= 11 is 0. The molecule has 23 heavy (non-hydrogen) atoms. The maximum atomic E-state index is 12.4. The van der Waals surface area contributed by atoms with Gasteiger partial charge in [0, 0.05) is 0 Å². The Morgan fingerprint density at radius 1 is 1.00 bits per heavy atom. The van der Waals surface area contributed by atoms with E-state index in [0.29, 0.717) is 11.5 Å². The maximum absolute atomic E-state index is 12.4. The third-order valence-electron chi connectivity index (χ3n) is 3.64. The molecule has 0 fully saturated rings. The summed E-state index contributed by atoms with van der Waals surface area (Å²) in [7, 11) is 0. The highest BCUT2D eigenvalue weighted by molar-refractivity contribution is 5.70. The fourth-order valence-corrected chi connectivity index (χ4v) is 2.76. The Morgan fingerprint density at radius 3 is 2.26 bits per heavy atom. The van der Waals surface area contributed by atoms with Gasteiger partial charge >= 0.3 is 6.36 Å². The standard InChI is InChI=1S/C19H20F3O/c1-12(2)16-9-6-10-17(18(16)13(3)4)14-7-5-8-15(11-14)23-19(20,21)22/h5-6,8-13H,1-4H3. The van der Waals surface area contributed by atoms with E-state index in [1.165, 1.54) is 23.8 Å². The van der Waals surface area contributed by atoms with E-state index in [2.05, 4.69) is 44.6 Å². The molecule has 0 heterocycles. The van der Waals surface area contributed by atoms with E-state index in [-0.39, 0.29) is 11.7 Å². The molecule has 0 aliphatic carbocycles. The minimum Gasteiger partial charge on any atom is -0.406 e. The Labute approximate surface area is 135 Å². The Bertz CT molecular complexity index is 673. The van der Waals surface area contributed by atoms with Crippen LogP contribution in [0.5, 0.6) is 5.75 Å². The zero-order chi connectivity index (χ0) is 17.2. The Balaban J connectivity index is 2.54. The molecule has 0 amide bonds. The first-order chi connectivity index (χ1) is 10.7. The fraction of sp³-hybridized carbons (Fsp3) is 0.368. The second kappa shape index (κ2) is 6.65. The van der Waals surface area contributed by atoms with Crippen molar-refractivity contribution in [2.75, 3.05) is 0 Å². The smallest absolute Gasteiger partial charge is 0.406 e. The van der Waals surface area contributed by atoms with Crippen molar-refractivity contribution < 1.29 is 17.9 Å². The van der Waals surface area contributed by atoms with E-state index in [4.69, 9.17) is 0 Å². The van der Waals surface area contributed by atoms with Crippen LogP contribution in [-0.4, -0.2) is 6.36 Å². The van der Waals surface area contributed by atoms with Gasteiger partial charge in [0.05, 0.1) is 0 Å². The molecule has 123 valence electrons. The first-order valence-electron chi connectivity index (χ1n) is 7.59. The van der Waals surface area contributed by atoms with Crippen molar-refractivity contribution in [3.05, 3.63) is 53.6 Å². The van der Waals surface area contributed by atoms with Crippen molar-refractivity contribution in [2.24, 2.45) is 0 Å². The van der Waals surface area contributed by atoms with E-state index in [9.17, 15) is 13.2 Å². The van der Waals surface area contributed by atoms with Crippen LogP contribution in [0.1, 0.15) is 50.7 Å². The van der Waals surface area contributed by atoms with Crippen molar-refractivity contribution >= 4 is 0 Å². The van der Waals surface area contributed by atoms with Crippen LogP contribution in [0.4, 0.5) is 13.2 Å². The van der Waals surface area contributed by atoms with Crippen LogP contribution in [0.25, 0.3) is 11.1 Å². The third kappa shape index (κ3) is 4.27. The lowest BCUT2D eigenvalue weighted by Gasteiger charge is -2.20. The van der Waals surface area contributed by atoms with Gasteiger partial charge in [-0.3, -0.25) is 0 Å². The molecule has 0 bridgehead atoms. The second-order valence-corrected chi connectivity index (χ2v) is 6.10. The van der Waals surface area contributed by atoms with Crippen LogP contribution in [0.3, 0.4) is 0 Å². The monoisotopic (exact) mass is 321 g/mol. The van der Waals surface area contributed by atoms with Gasteiger partial charge in [-0.15, -0.1) is 13.2 Å². The van der Waals surface area contributed by atoms with Gasteiger partial charge in [-0.2, -0.15) is 0 Å². The SMILES string of the molecule is CC(C)c1cccc(-c2[c]ccc(OC(F)(F)F)c2)c1C(C)C. The lowest BCUT2D eigenvalue weighted by Crippen LogP contribution is -2.17. The zero-order valence-electron chi connectivity index (χ0n) is 13.7. The van der Waals surface area contributed by atoms with Crippen LogP contribution in [0.2, 0.25) is 0 Å². The topological polar surface area (TPSA) is 9.23 Å². The molecular weight excluding hydrogens is 301 g/mol. The van der Waals surface area contributed by atoms with Gasteiger partial charge in [-0.05, 0) is 52.3 Å². The van der Waals surface area contributed by atoms with Gasteiger partial charge < -0.3 is 4.74 Å².